The predicted molar refractivity (Wildman–Crippen MR) is 157 cm³/mol. The molecule has 1 aliphatic carbocycles. The van der Waals surface area contributed by atoms with E-state index in [4.69, 9.17) is 10.2 Å². The topological polar surface area (TPSA) is 113 Å². The zero-order valence-electron chi connectivity index (χ0n) is 22.6. The lowest BCUT2D eigenvalue weighted by Crippen LogP contribution is -2.52. The van der Waals surface area contributed by atoms with E-state index in [1.54, 1.807) is 0 Å². The standard InChI is InChI=1S/C31H34N8O/c32-15-13-22-5-4-6-25(21-22)34-29-27-14-16-33-28(27)36-31(37-29)35-24-11-9-23(10-12-24)30(40)39-19-17-38(18-20-39)26-7-2-1-3-8-26/h4-6,9-12,14,16,21,26H,1-3,7-8,13,17-20H2,(H3,33,34,35,36,37). The summed E-state index contributed by atoms with van der Waals surface area (Å²) in [7, 11) is 0. The molecule has 1 saturated carbocycles. The van der Waals surface area contributed by atoms with Crippen molar-refractivity contribution in [2.45, 2.75) is 44.6 Å². The number of carbonyl (C=O) groups excluding carboxylic acids is 1. The van der Waals surface area contributed by atoms with E-state index in [0.717, 1.165) is 48.5 Å². The van der Waals surface area contributed by atoms with Crippen LogP contribution in [-0.2, 0) is 6.42 Å². The van der Waals surface area contributed by atoms with Crippen molar-refractivity contribution < 1.29 is 4.79 Å². The molecule has 2 aromatic heterocycles. The molecule has 9 heteroatoms. The summed E-state index contributed by atoms with van der Waals surface area (Å²) in [5.41, 5.74) is 3.98. The highest BCUT2D eigenvalue weighted by atomic mass is 16.2. The van der Waals surface area contributed by atoms with Crippen molar-refractivity contribution in [3.05, 3.63) is 71.9 Å². The van der Waals surface area contributed by atoms with Crippen LogP contribution in [0.4, 0.5) is 23.1 Å². The minimum atomic E-state index is 0.0870. The second-order valence-corrected chi connectivity index (χ2v) is 10.6. The summed E-state index contributed by atoms with van der Waals surface area (Å²) in [4.78, 5) is 30.2. The molecular weight excluding hydrogens is 500 g/mol. The first-order chi connectivity index (χ1) is 19.7. The Kier molecular flexibility index (Phi) is 7.60. The molecule has 9 nitrogen and oxygen atoms in total. The number of H-pyrrole nitrogens is 1. The molecule has 6 rings (SSSR count). The lowest BCUT2D eigenvalue weighted by atomic mass is 9.94. The Morgan fingerprint density at radius 3 is 2.52 bits per heavy atom. The Labute approximate surface area is 234 Å². The number of aromatic amines is 1. The van der Waals surface area contributed by atoms with Crippen LogP contribution < -0.4 is 10.6 Å². The van der Waals surface area contributed by atoms with Gasteiger partial charge < -0.3 is 20.5 Å². The molecule has 40 heavy (non-hydrogen) atoms. The molecule has 1 aliphatic heterocycles. The van der Waals surface area contributed by atoms with E-state index in [0.29, 0.717) is 35.4 Å². The molecule has 1 amide bonds. The van der Waals surface area contributed by atoms with Gasteiger partial charge in [-0.2, -0.15) is 15.2 Å². The number of rotatable bonds is 7. The highest BCUT2D eigenvalue weighted by Gasteiger charge is 2.27. The van der Waals surface area contributed by atoms with Crippen LogP contribution in [0.2, 0.25) is 0 Å². The SMILES string of the molecule is N#CCc1cccc(Nc2nc(Nc3ccc(C(=O)N4CCN(C5CCCCC5)CC4)cc3)nc3[nH]ccc23)c1. The van der Waals surface area contributed by atoms with Crippen LogP contribution in [-0.4, -0.2) is 62.9 Å². The first-order valence-electron chi connectivity index (χ1n) is 14.1. The van der Waals surface area contributed by atoms with Crippen molar-refractivity contribution >= 4 is 40.1 Å². The minimum Gasteiger partial charge on any atom is -0.346 e. The molecule has 0 unspecified atom stereocenters. The van der Waals surface area contributed by atoms with Gasteiger partial charge in [-0.25, -0.2) is 0 Å². The molecule has 4 aromatic rings. The van der Waals surface area contributed by atoms with Gasteiger partial charge in [0.05, 0.1) is 17.9 Å². The fraction of sp³-hybridized carbons (Fsp3) is 0.355. The average molecular weight is 535 g/mol. The minimum absolute atomic E-state index is 0.0870. The molecule has 3 heterocycles. The van der Waals surface area contributed by atoms with Crippen LogP contribution in [0.5, 0.6) is 0 Å². The Morgan fingerprint density at radius 1 is 0.950 bits per heavy atom. The maximum atomic E-state index is 13.2. The lowest BCUT2D eigenvalue weighted by Gasteiger charge is -2.40. The number of carbonyl (C=O) groups is 1. The second-order valence-electron chi connectivity index (χ2n) is 10.6. The summed E-state index contributed by atoms with van der Waals surface area (Å²) in [5, 5.41) is 16.5. The monoisotopic (exact) mass is 534 g/mol. The van der Waals surface area contributed by atoms with E-state index in [9.17, 15) is 4.79 Å². The molecule has 2 aromatic carbocycles. The van der Waals surface area contributed by atoms with Crippen molar-refractivity contribution in [2.24, 2.45) is 0 Å². The zero-order valence-corrected chi connectivity index (χ0v) is 22.6. The van der Waals surface area contributed by atoms with Gasteiger partial charge in [0, 0.05) is 55.4 Å². The van der Waals surface area contributed by atoms with Gasteiger partial charge >= 0.3 is 0 Å². The number of piperazine rings is 1. The molecule has 2 aliphatic rings. The third-order valence-electron chi connectivity index (χ3n) is 7.97. The third kappa shape index (κ3) is 5.77. The quantitative estimate of drug-likeness (QED) is 0.283. The summed E-state index contributed by atoms with van der Waals surface area (Å²) in [6.07, 6.45) is 8.82. The highest BCUT2D eigenvalue weighted by molar-refractivity contribution is 5.95. The summed E-state index contributed by atoms with van der Waals surface area (Å²) in [6.45, 7) is 3.50. The number of fused-ring (bicyclic) bond motifs is 1. The number of nitrogens with zero attached hydrogens (tertiary/aromatic N) is 5. The number of benzene rings is 2. The number of amides is 1. The molecule has 0 spiro atoms. The van der Waals surface area contributed by atoms with Crippen molar-refractivity contribution in [1.29, 1.82) is 5.26 Å². The number of hydrogen-bond donors (Lipinski definition) is 3. The van der Waals surface area contributed by atoms with Crippen LogP contribution in [0.25, 0.3) is 11.0 Å². The van der Waals surface area contributed by atoms with Gasteiger partial charge in [0.25, 0.3) is 5.91 Å². The Bertz CT molecular complexity index is 1510. The van der Waals surface area contributed by atoms with Gasteiger partial charge in [-0.05, 0) is 60.9 Å². The Morgan fingerprint density at radius 2 is 1.75 bits per heavy atom. The van der Waals surface area contributed by atoms with Gasteiger partial charge in [0.1, 0.15) is 11.5 Å². The average Bonchev–Trinajstić information content (AvgIpc) is 3.47. The first kappa shape index (κ1) is 25.8. The molecule has 0 bridgehead atoms. The fourth-order valence-electron chi connectivity index (χ4n) is 5.82. The van der Waals surface area contributed by atoms with Crippen LogP contribution in [0, 0.1) is 11.3 Å². The van der Waals surface area contributed by atoms with Crippen LogP contribution in [0.15, 0.2) is 60.8 Å². The summed E-state index contributed by atoms with van der Waals surface area (Å²) in [6, 6.07) is 20.1. The number of nitriles is 1. The van der Waals surface area contributed by atoms with E-state index in [-0.39, 0.29) is 5.91 Å². The van der Waals surface area contributed by atoms with Crippen LogP contribution in [0.3, 0.4) is 0 Å². The summed E-state index contributed by atoms with van der Waals surface area (Å²) >= 11 is 0. The van der Waals surface area contributed by atoms with Crippen molar-refractivity contribution in [3.8, 4) is 6.07 Å². The largest absolute Gasteiger partial charge is 0.346 e. The van der Waals surface area contributed by atoms with Crippen molar-refractivity contribution in [3.63, 3.8) is 0 Å². The van der Waals surface area contributed by atoms with Crippen molar-refractivity contribution in [2.75, 3.05) is 36.8 Å². The molecule has 0 radical (unpaired) electrons. The van der Waals surface area contributed by atoms with E-state index in [1.165, 1.54) is 32.1 Å². The van der Waals surface area contributed by atoms with E-state index < -0.39 is 0 Å². The van der Waals surface area contributed by atoms with Gasteiger partial charge in [-0.15, -0.1) is 0 Å². The van der Waals surface area contributed by atoms with E-state index >= 15 is 0 Å². The van der Waals surface area contributed by atoms with E-state index in [2.05, 4.69) is 31.6 Å². The lowest BCUT2D eigenvalue weighted by molar-refractivity contribution is 0.0523. The van der Waals surface area contributed by atoms with Crippen molar-refractivity contribution in [1.82, 2.24) is 24.8 Å². The number of aromatic nitrogens is 3. The molecule has 0 atom stereocenters. The molecular formula is C31H34N8O. The maximum Gasteiger partial charge on any atom is 0.253 e. The molecule has 204 valence electrons. The summed E-state index contributed by atoms with van der Waals surface area (Å²) in [5.74, 6) is 1.18. The first-order valence-corrected chi connectivity index (χ1v) is 14.1. The smallest absolute Gasteiger partial charge is 0.253 e. The second kappa shape index (κ2) is 11.8. The van der Waals surface area contributed by atoms with Crippen LogP contribution in [0.1, 0.15) is 48.0 Å². The Balaban J connectivity index is 1.11. The summed E-state index contributed by atoms with van der Waals surface area (Å²) < 4.78 is 0. The van der Waals surface area contributed by atoms with Gasteiger partial charge in [0.2, 0.25) is 5.95 Å². The number of hydrogen-bond acceptors (Lipinski definition) is 7. The van der Waals surface area contributed by atoms with E-state index in [1.807, 2.05) is 65.7 Å². The maximum absolute atomic E-state index is 13.2. The van der Waals surface area contributed by atoms with Gasteiger partial charge in [-0.1, -0.05) is 31.4 Å². The fourth-order valence-corrected chi connectivity index (χ4v) is 5.82. The normalized spacial score (nSPS) is 16.5. The molecule has 2 fully saturated rings. The number of anilines is 4. The highest BCUT2D eigenvalue weighted by Crippen LogP contribution is 2.27. The molecule has 3 N–H and O–H groups in total. The Hall–Kier alpha value is -4.42. The predicted octanol–water partition coefficient (Wildman–Crippen LogP) is 5.60. The van der Waals surface area contributed by atoms with Crippen LogP contribution >= 0.6 is 0 Å². The van der Waals surface area contributed by atoms with Gasteiger partial charge in [0.15, 0.2) is 0 Å². The molecule has 1 saturated heterocycles. The third-order valence-corrected chi connectivity index (χ3v) is 7.97. The number of nitrogens with one attached hydrogen (secondary N) is 3. The zero-order chi connectivity index (χ0) is 27.3. The van der Waals surface area contributed by atoms with Gasteiger partial charge in [-0.3, -0.25) is 9.69 Å².